The van der Waals surface area contributed by atoms with Crippen molar-refractivity contribution in [3.05, 3.63) is 76.4 Å². The standard InChI is InChI=1S/C20H19N3O6/c1-3-28-20(25)18(19(24)13-6-8-14(9-7-13)23(26)27)17(15(11-21)12(2)22)16-5-4-10-29-16/h4-10,15,17-18H,2-3,22H2,1H3/t15-,17+,18-/m0/s1. The van der Waals surface area contributed by atoms with Gasteiger partial charge in [-0.2, -0.15) is 5.26 Å². The number of carbonyl (C=O) groups is 2. The SMILES string of the molecule is C=C(N)[C@H](C#N)[C@H](c1ccco1)[C@H](C(=O)OCC)C(=O)c1ccc([N+](=O)[O-])cc1. The highest BCUT2D eigenvalue weighted by Gasteiger charge is 2.44. The molecule has 0 aliphatic rings. The van der Waals surface area contributed by atoms with Gasteiger partial charge in [-0.15, -0.1) is 0 Å². The Labute approximate surface area is 166 Å². The van der Waals surface area contributed by atoms with Crippen molar-refractivity contribution in [2.75, 3.05) is 6.61 Å². The molecule has 0 saturated heterocycles. The summed E-state index contributed by atoms with van der Waals surface area (Å²) in [5, 5.41) is 20.5. The van der Waals surface area contributed by atoms with E-state index in [1.54, 1.807) is 13.0 Å². The van der Waals surface area contributed by atoms with Gasteiger partial charge in [0.05, 0.1) is 35.7 Å². The molecule has 9 heteroatoms. The van der Waals surface area contributed by atoms with Crippen molar-refractivity contribution in [1.29, 1.82) is 5.26 Å². The van der Waals surface area contributed by atoms with Crippen molar-refractivity contribution in [2.45, 2.75) is 12.8 Å². The minimum Gasteiger partial charge on any atom is -0.469 e. The fraction of sp³-hybridized carbons (Fsp3) is 0.250. The van der Waals surface area contributed by atoms with Crippen LogP contribution in [-0.2, 0) is 9.53 Å². The molecule has 9 nitrogen and oxygen atoms in total. The summed E-state index contributed by atoms with van der Waals surface area (Å²) in [5.41, 5.74) is 5.56. The predicted molar refractivity (Wildman–Crippen MR) is 101 cm³/mol. The molecule has 0 aliphatic heterocycles. The second kappa shape index (κ2) is 9.32. The summed E-state index contributed by atoms with van der Waals surface area (Å²) in [7, 11) is 0. The van der Waals surface area contributed by atoms with Gasteiger partial charge in [0, 0.05) is 23.4 Å². The number of Topliss-reactive ketones (excluding diaryl/α,β-unsaturated/α-hetero) is 1. The number of benzene rings is 1. The smallest absolute Gasteiger partial charge is 0.317 e. The number of non-ortho nitro benzene ring substituents is 1. The number of nitriles is 1. The molecule has 2 rings (SSSR count). The minimum absolute atomic E-state index is 0.00847. The highest BCUT2D eigenvalue weighted by molar-refractivity contribution is 6.09. The number of allylic oxidation sites excluding steroid dienone is 1. The fourth-order valence-corrected chi connectivity index (χ4v) is 2.97. The first-order valence-electron chi connectivity index (χ1n) is 8.64. The summed E-state index contributed by atoms with van der Waals surface area (Å²) in [6.45, 7) is 5.17. The zero-order valence-corrected chi connectivity index (χ0v) is 15.6. The Bertz CT molecular complexity index is 944. The number of esters is 1. The molecule has 2 N–H and O–H groups in total. The molecule has 0 spiro atoms. The molecule has 0 unspecified atom stereocenters. The van der Waals surface area contributed by atoms with Crippen LogP contribution in [0, 0.1) is 33.3 Å². The second-order valence-corrected chi connectivity index (χ2v) is 6.12. The number of ketones is 1. The zero-order chi connectivity index (χ0) is 21.6. The van der Waals surface area contributed by atoms with Gasteiger partial charge in [0.15, 0.2) is 5.78 Å². The van der Waals surface area contributed by atoms with Gasteiger partial charge in [0.25, 0.3) is 5.69 Å². The highest BCUT2D eigenvalue weighted by Crippen LogP contribution is 2.37. The number of hydrogen-bond acceptors (Lipinski definition) is 8. The van der Waals surface area contributed by atoms with Gasteiger partial charge in [0.1, 0.15) is 11.7 Å². The van der Waals surface area contributed by atoms with Gasteiger partial charge in [0.2, 0.25) is 0 Å². The molecule has 0 amide bonds. The van der Waals surface area contributed by atoms with Gasteiger partial charge in [-0.05, 0) is 31.2 Å². The number of nitrogens with two attached hydrogens (primary N) is 1. The van der Waals surface area contributed by atoms with Gasteiger partial charge >= 0.3 is 5.97 Å². The molecule has 0 radical (unpaired) electrons. The van der Waals surface area contributed by atoms with E-state index in [1.165, 1.54) is 24.5 Å². The Kier molecular flexibility index (Phi) is 6.87. The Morgan fingerprint density at radius 2 is 2.00 bits per heavy atom. The molecule has 150 valence electrons. The third-order valence-electron chi connectivity index (χ3n) is 4.31. The van der Waals surface area contributed by atoms with E-state index in [0.29, 0.717) is 0 Å². The average Bonchev–Trinajstić information content (AvgIpc) is 3.22. The topological polar surface area (TPSA) is 149 Å². The van der Waals surface area contributed by atoms with Crippen LogP contribution in [0.2, 0.25) is 0 Å². The van der Waals surface area contributed by atoms with Gasteiger partial charge in [-0.25, -0.2) is 0 Å². The zero-order valence-electron chi connectivity index (χ0n) is 15.6. The van der Waals surface area contributed by atoms with Gasteiger partial charge < -0.3 is 14.9 Å². The van der Waals surface area contributed by atoms with Crippen molar-refractivity contribution in [1.82, 2.24) is 0 Å². The molecule has 1 aromatic carbocycles. The van der Waals surface area contributed by atoms with E-state index >= 15 is 0 Å². The van der Waals surface area contributed by atoms with E-state index in [9.17, 15) is 25.0 Å². The summed E-state index contributed by atoms with van der Waals surface area (Å²) < 4.78 is 10.4. The van der Waals surface area contributed by atoms with Crippen LogP contribution in [0.3, 0.4) is 0 Å². The van der Waals surface area contributed by atoms with E-state index in [4.69, 9.17) is 14.9 Å². The largest absolute Gasteiger partial charge is 0.469 e. The Morgan fingerprint density at radius 1 is 1.34 bits per heavy atom. The van der Waals surface area contributed by atoms with Crippen LogP contribution in [-0.4, -0.2) is 23.3 Å². The maximum atomic E-state index is 13.2. The maximum absolute atomic E-state index is 13.2. The molecular weight excluding hydrogens is 378 g/mol. The lowest BCUT2D eigenvalue weighted by Gasteiger charge is -2.26. The summed E-state index contributed by atoms with van der Waals surface area (Å²) in [5.74, 6) is -5.02. The molecule has 1 heterocycles. The van der Waals surface area contributed by atoms with Crippen LogP contribution in [0.1, 0.15) is 29.0 Å². The number of nitro benzene ring substituents is 1. The Hall–Kier alpha value is -3.93. The third-order valence-corrected chi connectivity index (χ3v) is 4.31. The van der Waals surface area contributed by atoms with Crippen molar-refractivity contribution >= 4 is 17.4 Å². The first-order valence-corrected chi connectivity index (χ1v) is 8.64. The molecular formula is C20H19N3O6. The number of carbonyl (C=O) groups excluding carboxylic acids is 2. The summed E-state index contributed by atoms with van der Waals surface area (Å²) >= 11 is 0. The average molecular weight is 397 g/mol. The van der Waals surface area contributed by atoms with Crippen LogP contribution in [0.25, 0.3) is 0 Å². The van der Waals surface area contributed by atoms with E-state index in [2.05, 4.69) is 6.58 Å². The monoisotopic (exact) mass is 397 g/mol. The molecule has 0 aliphatic carbocycles. The van der Waals surface area contributed by atoms with Gasteiger partial charge in [-0.1, -0.05) is 6.58 Å². The molecule has 0 saturated carbocycles. The summed E-state index contributed by atoms with van der Waals surface area (Å²) in [6, 6.07) is 9.82. The van der Waals surface area contributed by atoms with E-state index in [0.717, 1.165) is 12.1 Å². The lowest BCUT2D eigenvalue weighted by Crippen LogP contribution is -2.36. The van der Waals surface area contributed by atoms with Gasteiger partial charge in [-0.3, -0.25) is 19.7 Å². The molecule has 2 aromatic rings. The van der Waals surface area contributed by atoms with Crippen molar-refractivity contribution < 1.29 is 23.7 Å². The highest BCUT2D eigenvalue weighted by atomic mass is 16.6. The van der Waals surface area contributed by atoms with E-state index < -0.39 is 34.4 Å². The number of furan rings is 1. The van der Waals surface area contributed by atoms with Crippen LogP contribution in [0.15, 0.2) is 59.4 Å². The summed E-state index contributed by atoms with van der Waals surface area (Å²) in [4.78, 5) is 36.2. The molecule has 0 bridgehead atoms. The van der Waals surface area contributed by atoms with E-state index in [1.807, 2.05) is 6.07 Å². The number of nitro groups is 1. The van der Waals surface area contributed by atoms with Crippen LogP contribution in [0.4, 0.5) is 5.69 Å². The molecule has 1 aromatic heterocycles. The fourth-order valence-electron chi connectivity index (χ4n) is 2.97. The normalized spacial score (nSPS) is 13.5. The van der Waals surface area contributed by atoms with Crippen LogP contribution >= 0.6 is 0 Å². The van der Waals surface area contributed by atoms with E-state index in [-0.39, 0.29) is 29.3 Å². The lowest BCUT2D eigenvalue weighted by molar-refractivity contribution is -0.384. The number of hydrogen-bond donors (Lipinski definition) is 1. The summed E-state index contributed by atoms with van der Waals surface area (Å²) in [6.07, 6.45) is 1.34. The minimum atomic E-state index is -1.47. The number of nitrogens with zero attached hydrogens (tertiary/aromatic N) is 2. The van der Waals surface area contributed by atoms with Crippen LogP contribution < -0.4 is 5.73 Å². The van der Waals surface area contributed by atoms with Crippen molar-refractivity contribution in [3.8, 4) is 6.07 Å². The molecule has 0 fully saturated rings. The second-order valence-electron chi connectivity index (χ2n) is 6.12. The predicted octanol–water partition coefficient (Wildman–Crippen LogP) is 2.95. The first kappa shape index (κ1) is 21.4. The molecule has 3 atom stereocenters. The quantitative estimate of drug-likeness (QED) is 0.223. The Balaban J connectivity index is 2.58. The van der Waals surface area contributed by atoms with Crippen molar-refractivity contribution in [2.24, 2.45) is 17.6 Å². The van der Waals surface area contributed by atoms with Crippen LogP contribution in [0.5, 0.6) is 0 Å². The number of rotatable bonds is 9. The number of ether oxygens (including phenoxy) is 1. The molecule has 29 heavy (non-hydrogen) atoms. The maximum Gasteiger partial charge on any atom is 0.317 e. The Morgan fingerprint density at radius 3 is 2.45 bits per heavy atom. The third kappa shape index (κ3) is 4.68. The first-order chi connectivity index (χ1) is 13.8. The lowest BCUT2D eigenvalue weighted by atomic mass is 9.75. The van der Waals surface area contributed by atoms with Crippen molar-refractivity contribution in [3.63, 3.8) is 0 Å².